The summed E-state index contributed by atoms with van der Waals surface area (Å²) in [6, 6.07) is 24.7. The van der Waals surface area contributed by atoms with Crippen LogP contribution in [0.4, 0.5) is 0 Å². The summed E-state index contributed by atoms with van der Waals surface area (Å²) in [5.74, 6) is 0. The van der Waals surface area contributed by atoms with E-state index in [1.54, 1.807) is 12.1 Å². The Bertz CT molecular complexity index is 809. The van der Waals surface area contributed by atoms with Gasteiger partial charge in [0.15, 0.2) is 0 Å². The molecule has 0 aliphatic rings. The van der Waals surface area contributed by atoms with Crippen molar-refractivity contribution in [3.8, 4) is 0 Å². The zero-order valence-electron chi connectivity index (χ0n) is 12.6. The summed E-state index contributed by atoms with van der Waals surface area (Å²) >= 11 is 6.39. The van der Waals surface area contributed by atoms with Crippen LogP contribution in [-0.4, -0.2) is 5.11 Å². The molecule has 0 heterocycles. The van der Waals surface area contributed by atoms with Gasteiger partial charge in [-0.15, -0.1) is 0 Å². The van der Waals surface area contributed by atoms with Crippen LogP contribution in [0.2, 0.25) is 5.02 Å². The Labute approximate surface area is 141 Å². The zero-order valence-corrected chi connectivity index (χ0v) is 13.4. The standard InChI is InChI=1S/C21H17ClO/c1-2-16-12-14-18(15-13-16)21(23,17-8-4-3-5-9-17)19-10-6-7-11-20(19)22/h2-15,23H,1H2. The Hall–Kier alpha value is -2.35. The molecule has 0 aromatic heterocycles. The van der Waals surface area contributed by atoms with Crippen LogP contribution in [0, 0.1) is 0 Å². The molecule has 0 amide bonds. The van der Waals surface area contributed by atoms with Crippen LogP contribution in [0.1, 0.15) is 22.3 Å². The lowest BCUT2D eigenvalue weighted by Crippen LogP contribution is -2.29. The fraction of sp³-hybridized carbons (Fsp3) is 0.0476. The van der Waals surface area contributed by atoms with Crippen LogP contribution in [0.25, 0.3) is 6.08 Å². The van der Waals surface area contributed by atoms with Crippen LogP contribution >= 0.6 is 11.6 Å². The van der Waals surface area contributed by atoms with Gasteiger partial charge < -0.3 is 5.11 Å². The molecule has 3 aromatic rings. The van der Waals surface area contributed by atoms with Gasteiger partial charge in [-0.25, -0.2) is 0 Å². The Balaban J connectivity index is 2.25. The van der Waals surface area contributed by atoms with Gasteiger partial charge >= 0.3 is 0 Å². The van der Waals surface area contributed by atoms with E-state index >= 15 is 0 Å². The topological polar surface area (TPSA) is 20.2 Å². The van der Waals surface area contributed by atoms with Crippen molar-refractivity contribution in [1.82, 2.24) is 0 Å². The van der Waals surface area contributed by atoms with Crippen molar-refractivity contribution in [3.63, 3.8) is 0 Å². The van der Waals surface area contributed by atoms with Crippen molar-refractivity contribution < 1.29 is 5.11 Å². The highest BCUT2D eigenvalue weighted by Gasteiger charge is 2.35. The van der Waals surface area contributed by atoms with Gasteiger partial charge in [0.25, 0.3) is 0 Å². The molecule has 1 nitrogen and oxygen atoms in total. The molecule has 0 spiro atoms. The summed E-state index contributed by atoms with van der Waals surface area (Å²) in [6.45, 7) is 3.77. The van der Waals surface area contributed by atoms with E-state index in [1.165, 1.54) is 0 Å². The molecule has 3 rings (SSSR count). The van der Waals surface area contributed by atoms with E-state index in [4.69, 9.17) is 11.6 Å². The summed E-state index contributed by atoms with van der Waals surface area (Å²) in [4.78, 5) is 0. The van der Waals surface area contributed by atoms with Gasteiger partial charge in [-0.05, 0) is 22.8 Å². The predicted molar refractivity (Wildman–Crippen MR) is 96.5 cm³/mol. The van der Waals surface area contributed by atoms with Gasteiger partial charge in [0.1, 0.15) is 5.60 Å². The molecule has 114 valence electrons. The molecule has 1 unspecified atom stereocenters. The molecule has 0 fully saturated rings. The van der Waals surface area contributed by atoms with Crippen molar-refractivity contribution in [3.05, 3.63) is 113 Å². The number of hydrogen-bond acceptors (Lipinski definition) is 1. The predicted octanol–water partition coefficient (Wildman–Crippen LogP) is 5.27. The number of rotatable bonds is 4. The Kier molecular flexibility index (Phi) is 4.33. The van der Waals surface area contributed by atoms with Gasteiger partial charge in [0.05, 0.1) is 0 Å². The van der Waals surface area contributed by atoms with Crippen LogP contribution < -0.4 is 0 Å². The molecule has 0 bridgehead atoms. The van der Waals surface area contributed by atoms with Crippen molar-refractivity contribution in [2.75, 3.05) is 0 Å². The Morgan fingerprint density at radius 1 is 0.783 bits per heavy atom. The van der Waals surface area contributed by atoms with Crippen molar-refractivity contribution in [2.45, 2.75) is 5.60 Å². The maximum Gasteiger partial charge on any atom is 0.141 e. The van der Waals surface area contributed by atoms with Crippen molar-refractivity contribution >= 4 is 17.7 Å². The zero-order chi connectivity index (χ0) is 16.3. The van der Waals surface area contributed by atoms with Crippen LogP contribution in [0.5, 0.6) is 0 Å². The lowest BCUT2D eigenvalue weighted by Gasteiger charge is -2.31. The van der Waals surface area contributed by atoms with Gasteiger partial charge in [-0.2, -0.15) is 0 Å². The van der Waals surface area contributed by atoms with E-state index < -0.39 is 5.60 Å². The Morgan fingerprint density at radius 3 is 1.96 bits per heavy atom. The summed E-state index contributed by atoms with van der Waals surface area (Å²) in [5.41, 5.74) is 1.91. The third-order valence-corrected chi connectivity index (χ3v) is 4.35. The van der Waals surface area contributed by atoms with E-state index in [0.29, 0.717) is 10.6 Å². The van der Waals surface area contributed by atoms with E-state index in [2.05, 4.69) is 6.58 Å². The third-order valence-electron chi connectivity index (χ3n) is 4.02. The van der Waals surface area contributed by atoms with Crippen molar-refractivity contribution in [2.24, 2.45) is 0 Å². The average molecular weight is 321 g/mol. The molecule has 2 heteroatoms. The monoisotopic (exact) mass is 320 g/mol. The molecule has 3 aromatic carbocycles. The summed E-state index contributed by atoms with van der Waals surface area (Å²) in [6.07, 6.45) is 1.78. The molecular formula is C21H17ClO. The van der Waals surface area contributed by atoms with Crippen LogP contribution in [0.15, 0.2) is 85.4 Å². The highest BCUT2D eigenvalue weighted by molar-refractivity contribution is 6.31. The first kappa shape index (κ1) is 15.5. The molecule has 1 N–H and O–H groups in total. The summed E-state index contributed by atoms with van der Waals surface area (Å²) in [5, 5.41) is 12.2. The molecule has 1 atom stereocenters. The molecule has 0 radical (unpaired) electrons. The summed E-state index contributed by atoms with van der Waals surface area (Å²) in [7, 11) is 0. The normalized spacial score (nSPS) is 13.3. The minimum absolute atomic E-state index is 0.534. The summed E-state index contributed by atoms with van der Waals surface area (Å²) < 4.78 is 0. The quantitative estimate of drug-likeness (QED) is 0.649. The van der Waals surface area contributed by atoms with E-state index in [1.807, 2.05) is 72.8 Å². The van der Waals surface area contributed by atoms with Gasteiger partial charge in [0.2, 0.25) is 0 Å². The first-order valence-electron chi connectivity index (χ1n) is 7.42. The Morgan fingerprint density at radius 2 is 1.35 bits per heavy atom. The smallest absolute Gasteiger partial charge is 0.141 e. The third kappa shape index (κ3) is 2.81. The van der Waals surface area contributed by atoms with Gasteiger partial charge in [-0.1, -0.05) is 97.1 Å². The lowest BCUT2D eigenvalue weighted by atomic mass is 9.80. The first-order valence-corrected chi connectivity index (χ1v) is 7.80. The number of aliphatic hydroxyl groups is 1. The fourth-order valence-corrected chi connectivity index (χ4v) is 3.04. The van der Waals surface area contributed by atoms with Crippen LogP contribution in [-0.2, 0) is 5.60 Å². The number of hydrogen-bond donors (Lipinski definition) is 1. The van der Waals surface area contributed by atoms with Gasteiger partial charge in [0, 0.05) is 10.6 Å². The maximum absolute atomic E-state index is 11.7. The van der Waals surface area contributed by atoms with E-state index in [-0.39, 0.29) is 0 Å². The number of benzene rings is 3. The molecule has 0 saturated carbocycles. The van der Waals surface area contributed by atoms with Gasteiger partial charge in [-0.3, -0.25) is 0 Å². The largest absolute Gasteiger partial charge is 0.376 e. The maximum atomic E-state index is 11.7. The van der Waals surface area contributed by atoms with Crippen LogP contribution in [0.3, 0.4) is 0 Å². The average Bonchev–Trinajstić information content (AvgIpc) is 2.62. The van der Waals surface area contributed by atoms with E-state index in [9.17, 15) is 5.11 Å². The second kappa shape index (κ2) is 6.41. The minimum Gasteiger partial charge on any atom is -0.376 e. The first-order chi connectivity index (χ1) is 11.2. The van der Waals surface area contributed by atoms with E-state index in [0.717, 1.165) is 16.7 Å². The second-order valence-corrected chi connectivity index (χ2v) is 5.79. The highest BCUT2D eigenvalue weighted by Crippen LogP contribution is 2.39. The minimum atomic E-state index is -1.31. The van der Waals surface area contributed by atoms with Crippen molar-refractivity contribution in [1.29, 1.82) is 0 Å². The SMILES string of the molecule is C=Cc1ccc(C(O)(c2ccccc2)c2ccccc2Cl)cc1. The molecule has 23 heavy (non-hydrogen) atoms. The molecule has 0 saturated heterocycles. The number of halogens is 1. The molecule has 0 aliphatic carbocycles. The highest BCUT2D eigenvalue weighted by atomic mass is 35.5. The molecular weight excluding hydrogens is 304 g/mol. The lowest BCUT2D eigenvalue weighted by molar-refractivity contribution is 0.126. The molecule has 0 aliphatic heterocycles. The fourth-order valence-electron chi connectivity index (χ4n) is 2.77. The second-order valence-electron chi connectivity index (χ2n) is 5.38.